The lowest BCUT2D eigenvalue weighted by atomic mass is 10.1. The number of aliphatic carboxylic acids is 2. The summed E-state index contributed by atoms with van der Waals surface area (Å²) in [6.45, 7) is 4.65. The largest absolute Gasteiger partial charge is 0.485 e. The third kappa shape index (κ3) is 6.64. The van der Waals surface area contributed by atoms with E-state index in [-0.39, 0.29) is 29.0 Å². The van der Waals surface area contributed by atoms with Crippen molar-refractivity contribution in [2.24, 2.45) is 0 Å². The van der Waals surface area contributed by atoms with E-state index in [2.05, 4.69) is 54.0 Å². The molecule has 0 bridgehead atoms. The number of benzene rings is 2. The van der Waals surface area contributed by atoms with Gasteiger partial charge in [-0.1, -0.05) is 24.3 Å². The maximum Gasteiger partial charge on any atom is 0.349 e. The van der Waals surface area contributed by atoms with E-state index in [0.717, 1.165) is 52.0 Å². The number of hydrogen-bond acceptors (Lipinski definition) is 17. The van der Waals surface area contributed by atoms with Crippen LogP contribution in [0.1, 0.15) is 11.8 Å². The van der Waals surface area contributed by atoms with Gasteiger partial charge in [-0.25, -0.2) is 4.79 Å². The molecule has 8 aromatic rings. The third-order valence-corrected chi connectivity index (χ3v) is 17.8. The Morgan fingerprint density at radius 3 is 1.60 bits per heavy atom. The summed E-state index contributed by atoms with van der Waals surface area (Å²) in [4.78, 5) is 43.3. The molecule has 16 nitrogen and oxygen atoms in total. The Labute approximate surface area is 403 Å². The number of nitrogens with zero attached hydrogens (tertiary/aromatic N) is 3. The molecule has 2 aromatic carbocycles. The van der Waals surface area contributed by atoms with Gasteiger partial charge in [-0.05, 0) is 36.8 Å². The van der Waals surface area contributed by atoms with Crippen LogP contribution in [0.4, 0.5) is 0 Å². The Balaban J connectivity index is 1.00. The average Bonchev–Trinajstić information content (AvgIpc) is 4.21. The van der Waals surface area contributed by atoms with Crippen molar-refractivity contribution in [3.8, 4) is 91.8 Å². The van der Waals surface area contributed by atoms with Gasteiger partial charge in [-0.3, -0.25) is 14.2 Å². The normalized spacial score (nSPS) is 15.4. The lowest BCUT2D eigenvalue weighted by molar-refractivity contribution is -0.138. The molecule has 2 N–H and O–H groups in total. The van der Waals surface area contributed by atoms with Gasteiger partial charge in [-0.2, -0.15) is 5.26 Å². The Morgan fingerprint density at radius 1 is 0.618 bits per heavy atom. The molecule has 0 radical (unpaired) electrons. The van der Waals surface area contributed by atoms with Crippen molar-refractivity contribution in [1.29, 1.82) is 5.26 Å². The standard InChI is InChI=1S/C47H33N3O13S5/c1-2-49-25-6-4-3-5-22(25)23-17-21(7-8-26(23)49)38-32-33(59-12-11-58-32)41(66-38)42-36-37(63-16-15-62-36)44(68-42)43-35-34(60-13-14-61-35)40(67-43)39-31-30(56-9-10-57-31)27(64-39)18-28-45(53)50(20-29(51)52)46(65-28)24(19-48)47(54)55/h3-8,17-18H,2,9-16,20H2,1H3,(H,51,52)(H,54,55)/b28-18-,46-24+. The van der Waals surface area contributed by atoms with Gasteiger partial charge in [0.2, 0.25) is 0 Å². The number of hydrogen-bond donors (Lipinski definition) is 2. The maximum atomic E-state index is 13.7. The van der Waals surface area contributed by atoms with Crippen molar-refractivity contribution in [1.82, 2.24) is 9.13 Å². The molecule has 4 aliphatic heterocycles. The van der Waals surface area contributed by atoms with Crippen molar-refractivity contribution >= 4 is 102 Å². The molecule has 0 aliphatic carbocycles. The molecule has 0 atom stereocenters. The number of carboxylic acids is 2. The molecule has 10 heterocycles. The van der Waals surface area contributed by atoms with Gasteiger partial charge < -0.3 is 52.7 Å². The second-order valence-corrected chi connectivity index (χ2v) is 20.6. The molecule has 21 heteroatoms. The zero-order valence-corrected chi connectivity index (χ0v) is 39.5. The van der Waals surface area contributed by atoms with E-state index >= 15 is 0 Å². The van der Waals surface area contributed by atoms with Crippen LogP contribution in [0.25, 0.3) is 73.2 Å². The molecule has 68 heavy (non-hydrogen) atoms. The van der Waals surface area contributed by atoms with Crippen LogP contribution in [0.3, 0.4) is 0 Å². The molecule has 6 aromatic heterocycles. The first-order valence-electron chi connectivity index (χ1n) is 21.2. The first-order valence-corrected chi connectivity index (χ1v) is 25.3. The fourth-order valence-corrected chi connectivity index (χ4v) is 15.1. The van der Waals surface area contributed by atoms with Gasteiger partial charge in [0.05, 0.1) is 43.5 Å². The fraction of sp³-hybridized carbons (Fsp3) is 0.234. The number of carbonyl (C=O) groups is 2. The van der Waals surface area contributed by atoms with Crippen LogP contribution in [0.5, 0.6) is 46.0 Å². The van der Waals surface area contributed by atoms with Gasteiger partial charge in [0.25, 0.3) is 5.56 Å². The molecule has 0 spiro atoms. The fourth-order valence-electron chi connectivity index (χ4n) is 8.83. The minimum Gasteiger partial charge on any atom is -0.485 e. The number of rotatable bonds is 9. The number of ether oxygens (including phenoxy) is 8. The number of para-hydroxylation sites is 1. The molecule has 4 aliphatic rings. The number of carboxylic acid groups (broad SMARTS) is 2. The number of nitriles is 1. The number of aromatic nitrogens is 2. The van der Waals surface area contributed by atoms with Crippen LogP contribution in [-0.4, -0.2) is 84.1 Å². The van der Waals surface area contributed by atoms with Crippen molar-refractivity contribution < 1.29 is 57.7 Å². The second-order valence-electron chi connectivity index (χ2n) is 15.5. The van der Waals surface area contributed by atoms with E-state index in [1.54, 1.807) is 17.4 Å². The van der Waals surface area contributed by atoms with E-state index < -0.39 is 29.6 Å². The highest BCUT2D eigenvalue weighted by Crippen LogP contribution is 2.66. The smallest absolute Gasteiger partial charge is 0.349 e. The number of aryl methyl sites for hydroxylation is 1. The molecular formula is C47H33N3O13S5. The van der Waals surface area contributed by atoms with Crippen molar-refractivity contribution in [2.45, 2.75) is 20.0 Å². The summed E-state index contributed by atoms with van der Waals surface area (Å²) in [6, 6.07) is 16.6. The summed E-state index contributed by atoms with van der Waals surface area (Å²) in [7, 11) is 0. The summed E-state index contributed by atoms with van der Waals surface area (Å²) in [5.41, 5.74) is 1.84. The summed E-state index contributed by atoms with van der Waals surface area (Å²) in [6.07, 6.45) is 1.50. The molecule has 0 unspecified atom stereocenters. The van der Waals surface area contributed by atoms with Gasteiger partial charge in [-0.15, -0.1) is 56.7 Å². The minimum atomic E-state index is -1.59. The highest BCUT2D eigenvalue weighted by molar-refractivity contribution is 7.30. The molecule has 344 valence electrons. The zero-order valence-electron chi connectivity index (χ0n) is 35.5. The Kier molecular flexibility index (Phi) is 10.4. The van der Waals surface area contributed by atoms with Gasteiger partial charge in [0, 0.05) is 28.4 Å². The molecule has 0 saturated carbocycles. The number of fused-ring (bicyclic) bond motifs is 7. The maximum absolute atomic E-state index is 13.7. The summed E-state index contributed by atoms with van der Waals surface area (Å²) in [5.74, 6) is 1.30. The number of thiazole rings is 1. The lowest BCUT2D eigenvalue weighted by Gasteiger charge is -2.19. The van der Waals surface area contributed by atoms with Crippen LogP contribution in [-0.2, 0) is 22.7 Å². The first kappa shape index (κ1) is 42.4. The van der Waals surface area contributed by atoms with Crippen LogP contribution < -0.4 is 52.6 Å². The topological polar surface area (TPSA) is 199 Å². The Hall–Kier alpha value is -6.96. The van der Waals surface area contributed by atoms with Gasteiger partial charge in [0.1, 0.15) is 70.1 Å². The van der Waals surface area contributed by atoms with Crippen LogP contribution in [0.15, 0.2) is 47.3 Å². The van der Waals surface area contributed by atoms with E-state index in [1.807, 2.05) is 0 Å². The zero-order chi connectivity index (χ0) is 46.4. The average molecular weight is 1010 g/mol. The minimum absolute atomic E-state index is 0.00124. The van der Waals surface area contributed by atoms with E-state index in [1.165, 1.54) is 51.0 Å². The Morgan fingerprint density at radius 2 is 1.09 bits per heavy atom. The van der Waals surface area contributed by atoms with Crippen molar-refractivity contribution in [3.05, 3.63) is 66.9 Å². The van der Waals surface area contributed by atoms with Crippen LogP contribution in [0, 0.1) is 11.3 Å². The van der Waals surface area contributed by atoms with Gasteiger partial charge in [0.15, 0.2) is 51.6 Å². The monoisotopic (exact) mass is 1010 g/mol. The summed E-state index contributed by atoms with van der Waals surface area (Å²) >= 11 is 6.46. The summed E-state index contributed by atoms with van der Waals surface area (Å²) < 4.78 is 53.8. The van der Waals surface area contributed by atoms with Crippen LogP contribution in [0.2, 0.25) is 0 Å². The van der Waals surface area contributed by atoms with Gasteiger partial charge >= 0.3 is 11.9 Å². The summed E-state index contributed by atoms with van der Waals surface area (Å²) in [5, 5.41) is 31.3. The molecular weight excluding hydrogens is 975 g/mol. The first-order chi connectivity index (χ1) is 33.2. The molecule has 0 amide bonds. The van der Waals surface area contributed by atoms with Crippen molar-refractivity contribution in [2.75, 3.05) is 52.9 Å². The predicted octanol–water partition coefficient (Wildman–Crippen LogP) is 7.71. The van der Waals surface area contributed by atoms with E-state index in [0.29, 0.717) is 105 Å². The Bertz CT molecular complexity index is 3690. The highest BCUT2D eigenvalue weighted by atomic mass is 32.1. The highest BCUT2D eigenvalue weighted by Gasteiger charge is 2.38. The molecule has 0 fully saturated rings. The molecule has 0 saturated heterocycles. The molecule has 12 rings (SSSR count). The third-order valence-electron chi connectivity index (χ3n) is 11.6. The predicted molar refractivity (Wildman–Crippen MR) is 258 cm³/mol. The van der Waals surface area contributed by atoms with Crippen molar-refractivity contribution in [3.63, 3.8) is 0 Å². The van der Waals surface area contributed by atoms with Crippen LogP contribution >= 0.6 is 56.7 Å². The SMILES string of the molecule is CCn1c2ccccc2c2cc(-c3sc(-c4sc(-c5sc(-c6sc(/C=c7\s/c(=C(\C#N)C(=O)O)n(CC(=O)O)c7=O)c7c6OCCO7)c6c5OCCO6)c5c4OCCO5)c4c3OCCO4)ccc21. The lowest BCUT2D eigenvalue weighted by Crippen LogP contribution is -2.35. The van der Waals surface area contributed by atoms with E-state index in [9.17, 15) is 29.9 Å². The number of thiophene rings is 4. The quantitative estimate of drug-likeness (QED) is 0.143. The second kappa shape index (κ2) is 16.7. The van der Waals surface area contributed by atoms with E-state index in [4.69, 9.17) is 37.9 Å².